The highest BCUT2D eigenvalue weighted by molar-refractivity contribution is 6.39. The number of nitrogens with one attached hydrogen (secondary N) is 1. The van der Waals surface area contributed by atoms with Crippen molar-refractivity contribution in [2.24, 2.45) is 0 Å². The minimum absolute atomic E-state index is 0.142. The van der Waals surface area contributed by atoms with Gasteiger partial charge in [0.05, 0.1) is 5.69 Å². The average molecular weight is 357 g/mol. The van der Waals surface area contributed by atoms with Crippen molar-refractivity contribution in [3.63, 3.8) is 0 Å². The zero-order valence-corrected chi connectivity index (χ0v) is 13.9. The molecule has 0 bridgehead atoms. The molecule has 0 radical (unpaired) electrons. The number of nitrogens with zero attached hydrogens (tertiary/aromatic N) is 1. The highest BCUT2D eigenvalue weighted by atomic mass is 35.5. The SMILES string of the molecule is Cc1cccc(N2C(=O)NC(=O)/C(=C\c3cc(Cl)ccc3O)C2=O)c1. The summed E-state index contributed by atoms with van der Waals surface area (Å²) in [7, 11) is 0. The molecule has 1 saturated heterocycles. The van der Waals surface area contributed by atoms with Crippen LogP contribution in [0.4, 0.5) is 10.5 Å². The fraction of sp³-hybridized carbons (Fsp3) is 0.0556. The highest BCUT2D eigenvalue weighted by Gasteiger charge is 2.36. The van der Waals surface area contributed by atoms with E-state index in [2.05, 4.69) is 5.32 Å². The number of amides is 4. The summed E-state index contributed by atoms with van der Waals surface area (Å²) in [6.45, 7) is 1.82. The predicted octanol–water partition coefficient (Wildman–Crippen LogP) is 3.02. The number of carbonyl (C=O) groups excluding carboxylic acids is 3. The summed E-state index contributed by atoms with van der Waals surface area (Å²) >= 11 is 5.88. The fourth-order valence-electron chi connectivity index (χ4n) is 2.46. The van der Waals surface area contributed by atoms with E-state index in [0.29, 0.717) is 10.7 Å². The number of aryl methyl sites for hydroxylation is 1. The standard InChI is InChI=1S/C18H13ClN2O4/c1-10-3-2-4-13(7-10)21-17(24)14(16(23)20-18(21)25)9-11-8-12(19)5-6-15(11)22/h2-9,22H,1H3,(H,20,23,25)/b14-9+. The van der Waals surface area contributed by atoms with Gasteiger partial charge < -0.3 is 5.11 Å². The third-order valence-corrected chi connectivity index (χ3v) is 3.89. The molecule has 1 aliphatic rings. The van der Waals surface area contributed by atoms with Gasteiger partial charge in [0.15, 0.2) is 0 Å². The fourth-order valence-corrected chi connectivity index (χ4v) is 2.64. The summed E-state index contributed by atoms with van der Waals surface area (Å²) in [6.07, 6.45) is 1.20. The third-order valence-electron chi connectivity index (χ3n) is 3.65. The molecule has 2 aromatic carbocycles. The molecule has 1 heterocycles. The van der Waals surface area contributed by atoms with Crippen molar-refractivity contribution in [1.29, 1.82) is 0 Å². The molecule has 4 amide bonds. The van der Waals surface area contributed by atoms with E-state index < -0.39 is 17.8 Å². The first-order valence-corrected chi connectivity index (χ1v) is 7.71. The van der Waals surface area contributed by atoms with Crippen molar-refractivity contribution in [2.75, 3.05) is 4.90 Å². The summed E-state index contributed by atoms with van der Waals surface area (Å²) in [6, 6.07) is 10.2. The number of halogens is 1. The average Bonchev–Trinajstić information content (AvgIpc) is 2.54. The molecule has 0 atom stereocenters. The number of carbonyl (C=O) groups is 3. The van der Waals surface area contributed by atoms with Crippen LogP contribution in [0.2, 0.25) is 5.02 Å². The van der Waals surface area contributed by atoms with E-state index in [-0.39, 0.29) is 16.9 Å². The van der Waals surface area contributed by atoms with Crippen molar-refractivity contribution in [1.82, 2.24) is 5.32 Å². The number of hydrogen-bond acceptors (Lipinski definition) is 4. The molecule has 0 aromatic heterocycles. The number of benzene rings is 2. The van der Waals surface area contributed by atoms with Gasteiger partial charge in [-0.1, -0.05) is 23.7 Å². The van der Waals surface area contributed by atoms with Gasteiger partial charge in [-0.3, -0.25) is 14.9 Å². The highest BCUT2D eigenvalue weighted by Crippen LogP contribution is 2.27. The van der Waals surface area contributed by atoms with Gasteiger partial charge in [0, 0.05) is 10.6 Å². The molecule has 0 aliphatic carbocycles. The van der Waals surface area contributed by atoms with Crippen molar-refractivity contribution in [3.05, 3.63) is 64.2 Å². The van der Waals surface area contributed by atoms with Crippen LogP contribution in [0, 0.1) is 6.92 Å². The number of urea groups is 1. The predicted molar refractivity (Wildman–Crippen MR) is 93.3 cm³/mol. The van der Waals surface area contributed by atoms with Crippen LogP contribution in [0.25, 0.3) is 6.08 Å². The second kappa shape index (κ2) is 6.41. The molecule has 6 nitrogen and oxygen atoms in total. The maximum absolute atomic E-state index is 12.7. The minimum atomic E-state index is -0.835. The van der Waals surface area contributed by atoms with Crippen molar-refractivity contribution >= 4 is 41.2 Å². The van der Waals surface area contributed by atoms with Crippen LogP contribution < -0.4 is 10.2 Å². The summed E-state index contributed by atoms with van der Waals surface area (Å²) in [5, 5.41) is 12.3. The van der Waals surface area contributed by atoms with Crippen LogP contribution in [0.15, 0.2) is 48.0 Å². The molecule has 25 heavy (non-hydrogen) atoms. The van der Waals surface area contributed by atoms with Crippen molar-refractivity contribution < 1.29 is 19.5 Å². The lowest BCUT2D eigenvalue weighted by Gasteiger charge is -2.26. The first-order chi connectivity index (χ1) is 11.9. The van der Waals surface area contributed by atoms with Crippen LogP contribution in [0.5, 0.6) is 5.75 Å². The van der Waals surface area contributed by atoms with E-state index >= 15 is 0 Å². The second-order valence-electron chi connectivity index (χ2n) is 5.50. The van der Waals surface area contributed by atoms with Crippen LogP contribution in [0.3, 0.4) is 0 Å². The Morgan fingerprint density at radius 1 is 1.12 bits per heavy atom. The van der Waals surface area contributed by atoms with E-state index in [1.165, 1.54) is 24.3 Å². The lowest BCUT2D eigenvalue weighted by Crippen LogP contribution is -2.54. The van der Waals surface area contributed by atoms with Crippen LogP contribution in [-0.4, -0.2) is 23.0 Å². The molecule has 0 unspecified atom stereocenters. The number of phenols is 1. The number of barbiturate groups is 1. The van der Waals surface area contributed by atoms with E-state index in [0.717, 1.165) is 10.5 Å². The van der Waals surface area contributed by atoms with Gasteiger partial charge in [0.2, 0.25) is 0 Å². The van der Waals surface area contributed by atoms with E-state index in [9.17, 15) is 19.5 Å². The zero-order chi connectivity index (χ0) is 18.1. The summed E-state index contributed by atoms with van der Waals surface area (Å²) in [4.78, 5) is 37.8. The summed E-state index contributed by atoms with van der Waals surface area (Å²) in [5.74, 6) is -1.76. The van der Waals surface area contributed by atoms with E-state index in [1.807, 2.05) is 13.0 Å². The van der Waals surface area contributed by atoms with Crippen molar-refractivity contribution in [2.45, 2.75) is 6.92 Å². The smallest absolute Gasteiger partial charge is 0.335 e. The molecular formula is C18H13ClN2O4. The van der Waals surface area contributed by atoms with Gasteiger partial charge in [-0.05, 0) is 48.9 Å². The molecule has 0 saturated carbocycles. The van der Waals surface area contributed by atoms with Gasteiger partial charge in [-0.2, -0.15) is 0 Å². The maximum Gasteiger partial charge on any atom is 0.335 e. The molecule has 7 heteroatoms. The largest absolute Gasteiger partial charge is 0.507 e. The third kappa shape index (κ3) is 3.25. The molecule has 1 fully saturated rings. The number of imide groups is 2. The Bertz CT molecular complexity index is 936. The maximum atomic E-state index is 12.7. The summed E-state index contributed by atoms with van der Waals surface area (Å²) in [5.41, 5.74) is 1.12. The zero-order valence-electron chi connectivity index (χ0n) is 13.1. The topological polar surface area (TPSA) is 86.7 Å². The number of rotatable bonds is 2. The number of phenolic OH excluding ortho intramolecular Hbond substituents is 1. The second-order valence-corrected chi connectivity index (χ2v) is 5.94. The van der Waals surface area contributed by atoms with Gasteiger partial charge >= 0.3 is 6.03 Å². The molecule has 126 valence electrons. The van der Waals surface area contributed by atoms with Gasteiger partial charge in [0.1, 0.15) is 11.3 Å². The Hall–Kier alpha value is -3.12. The summed E-state index contributed by atoms with van der Waals surface area (Å²) < 4.78 is 0. The van der Waals surface area contributed by atoms with Crippen LogP contribution >= 0.6 is 11.6 Å². The lowest BCUT2D eigenvalue weighted by atomic mass is 10.1. The number of aromatic hydroxyl groups is 1. The normalized spacial score (nSPS) is 16.3. The minimum Gasteiger partial charge on any atom is -0.507 e. The van der Waals surface area contributed by atoms with Crippen molar-refractivity contribution in [3.8, 4) is 5.75 Å². The Balaban J connectivity index is 2.07. The van der Waals surface area contributed by atoms with Gasteiger partial charge in [-0.25, -0.2) is 9.69 Å². The molecule has 2 N–H and O–H groups in total. The molecule has 0 spiro atoms. The van der Waals surface area contributed by atoms with E-state index in [1.54, 1.807) is 18.2 Å². The first kappa shape index (κ1) is 16.7. The Morgan fingerprint density at radius 3 is 2.60 bits per heavy atom. The van der Waals surface area contributed by atoms with E-state index in [4.69, 9.17) is 11.6 Å². The number of hydrogen-bond donors (Lipinski definition) is 2. The van der Waals surface area contributed by atoms with Gasteiger partial charge in [0.25, 0.3) is 11.8 Å². The first-order valence-electron chi connectivity index (χ1n) is 7.33. The quantitative estimate of drug-likeness (QED) is 0.639. The molecule has 2 aromatic rings. The van der Waals surface area contributed by atoms with Gasteiger partial charge in [-0.15, -0.1) is 0 Å². The van der Waals surface area contributed by atoms with Crippen LogP contribution in [0.1, 0.15) is 11.1 Å². The molecule has 1 aliphatic heterocycles. The molecule has 3 rings (SSSR count). The Kier molecular flexibility index (Phi) is 4.29. The monoisotopic (exact) mass is 356 g/mol. The number of anilines is 1. The molecular weight excluding hydrogens is 344 g/mol. The Morgan fingerprint density at radius 2 is 1.88 bits per heavy atom. The lowest BCUT2D eigenvalue weighted by molar-refractivity contribution is -0.122. The Labute approximate surface area is 148 Å². The van der Waals surface area contributed by atoms with Crippen LogP contribution in [-0.2, 0) is 9.59 Å².